The summed E-state index contributed by atoms with van der Waals surface area (Å²) in [6.45, 7) is 21.5. The van der Waals surface area contributed by atoms with Gasteiger partial charge in [-0.2, -0.15) is 15.5 Å². The van der Waals surface area contributed by atoms with E-state index in [0.717, 1.165) is 60.5 Å². The second-order valence-electron chi connectivity index (χ2n) is 15.8. The molecule has 66 heavy (non-hydrogen) atoms. The maximum Gasteiger partial charge on any atom is 0.276 e. The van der Waals surface area contributed by atoms with E-state index in [2.05, 4.69) is 53.0 Å². The molecule has 16 nitrogen and oxygen atoms in total. The summed E-state index contributed by atoms with van der Waals surface area (Å²) < 4.78 is 1.75. The number of benzene rings is 3. The lowest BCUT2D eigenvalue weighted by molar-refractivity contribution is 0.0743. The molecule has 5 aromatic rings. The maximum atomic E-state index is 13.7. The molecule has 3 aromatic carbocycles. The average Bonchev–Trinajstić information content (AvgIpc) is 3.32. The molecule has 2 heterocycles. The monoisotopic (exact) mass is 892 g/mol. The van der Waals surface area contributed by atoms with Crippen LogP contribution in [-0.4, -0.2) is 67.1 Å². The highest BCUT2D eigenvalue weighted by atomic mass is 16.3. The van der Waals surface area contributed by atoms with Crippen molar-refractivity contribution in [3.05, 3.63) is 133 Å². The quantitative estimate of drug-likeness (QED) is 0.0571. The Balaban J connectivity index is 1.50. The molecule has 0 radical (unpaired) electrons. The Kier molecular flexibility index (Phi) is 17.4. The van der Waals surface area contributed by atoms with Gasteiger partial charge < -0.3 is 20.0 Å². The molecule has 0 spiro atoms. The summed E-state index contributed by atoms with van der Waals surface area (Å²) in [7, 11) is 0. The van der Waals surface area contributed by atoms with Crippen LogP contribution in [0.3, 0.4) is 0 Å². The van der Waals surface area contributed by atoms with Gasteiger partial charge in [-0.25, -0.2) is 9.41 Å². The van der Waals surface area contributed by atoms with Crippen LogP contribution in [0.4, 0.5) is 28.4 Å². The Bertz CT molecular complexity index is 2620. The van der Waals surface area contributed by atoms with Crippen LogP contribution in [0.5, 0.6) is 11.8 Å². The summed E-state index contributed by atoms with van der Waals surface area (Å²) in [4.78, 5) is 61.4. The number of rotatable bonds is 20. The van der Waals surface area contributed by atoms with E-state index in [1.54, 1.807) is 48.5 Å². The van der Waals surface area contributed by atoms with E-state index in [1.807, 2.05) is 15.9 Å². The van der Waals surface area contributed by atoms with Crippen LogP contribution < -0.4 is 11.1 Å². The van der Waals surface area contributed by atoms with E-state index in [4.69, 9.17) is 6.57 Å². The molecule has 16 heteroatoms. The first-order valence-corrected chi connectivity index (χ1v) is 22.3. The van der Waals surface area contributed by atoms with E-state index >= 15 is 0 Å². The minimum Gasteiger partial charge on any atom is -0.493 e. The molecular weight excluding hydrogens is 837 g/mol. The topological polar surface area (TPSA) is 203 Å². The summed E-state index contributed by atoms with van der Waals surface area (Å²) in [5.74, 6) is -1.51. The summed E-state index contributed by atoms with van der Waals surface area (Å²) in [6.07, 6.45) is 7.26. The van der Waals surface area contributed by atoms with E-state index in [1.165, 1.54) is 38.1 Å². The van der Waals surface area contributed by atoms with Crippen molar-refractivity contribution in [2.75, 3.05) is 26.2 Å². The predicted octanol–water partition coefficient (Wildman–Crippen LogP) is 11.4. The normalized spacial score (nSPS) is 11.2. The number of nitriles is 1. The molecule has 0 atom stereocenters. The minimum absolute atomic E-state index is 0.0726. The van der Waals surface area contributed by atoms with Crippen molar-refractivity contribution in [3.63, 3.8) is 0 Å². The summed E-state index contributed by atoms with van der Waals surface area (Å²) >= 11 is 0. The van der Waals surface area contributed by atoms with Gasteiger partial charge in [-0.05, 0) is 106 Å². The number of carbonyl (C=O) groups is 2. The van der Waals surface area contributed by atoms with Gasteiger partial charge in [0.05, 0.1) is 29.3 Å². The zero-order valence-corrected chi connectivity index (χ0v) is 38.4. The Hall–Kier alpha value is -7.72. The number of nitrogens with zero attached hydrogens (tertiary/aromatic N) is 10. The molecule has 0 saturated heterocycles. The zero-order valence-electron chi connectivity index (χ0n) is 38.4. The van der Waals surface area contributed by atoms with E-state index in [-0.39, 0.29) is 56.9 Å². The third-order valence-electron chi connectivity index (χ3n) is 11.1. The number of unbranched alkanes of at least 4 members (excludes halogenated alkanes) is 4. The first-order valence-electron chi connectivity index (χ1n) is 22.3. The van der Waals surface area contributed by atoms with Gasteiger partial charge >= 0.3 is 0 Å². The number of carbonyl (C=O) groups excluding carboxylic acids is 2. The molecule has 2 amide bonds. The summed E-state index contributed by atoms with van der Waals surface area (Å²) in [6, 6.07) is 20.6. The standard InChI is InChI=1S/C50H56N10O6/c1-8-12-26-57(27-13-9-2)45(61)35-18-16-20-37(30-35)53-55-43-33(5)41(32-51)47(63)59(49(43)65)39-22-24-40(25-23-39)60-48(64)42(52-7)34(6)44(50(60)66)56-54-38-21-17-19-36(31-38)46(62)58(28-14-10-3)29-15-11-4/h16-25,30-31,65-66H,8-15,26-29H2,1-6H3. The molecule has 0 fully saturated rings. The van der Waals surface area contributed by atoms with Crippen LogP contribution in [0.25, 0.3) is 16.2 Å². The lowest BCUT2D eigenvalue weighted by Gasteiger charge is -2.22. The first-order chi connectivity index (χ1) is 31.8. The number of azo groups is 2. The van der Waals surface area contributed by atoms with E-state index in [9.17, 15) is 34.7 Å². The number of aromatic hydroxyl groups is 2. The van der Waals surface area contributed by atoms with Crippen LogP contribution in [0.2, 0.25) is 0 Å². The molecule has 2 aromatic heterocycles. The van der Waals surface area contributed by atoms with Gasteiger partial charge in [0.25, 0.3) is 28.6 Å². The minimum atomic E-state index is -0.847. The van der Waals surface area contributed by atoms with Gasteiger partial charge in [0, 0.05) is 42.9 Å². The Labute approximate surface area is 384 Å². The zero-order chi connectivity index (χ0) is 47.9. The first kappa shape index (κ1) is 49.3. The number of hydrogen-bond acceptors (Lipinski definition) is 11. The molecular formula is C50H56N10O6. The number of pyridine rings is 2. The maximum absolute atomic E-state index is 13.7. The fourth-order valence-corrected chi connectivity index (χ4v) is 7.25. The SMILES string of the molecule is [C-]#[N+]c1c(C)c(N=Nc2cccc(C(=O)N(CCCC)CCCC)c2)c(O)n(-c2ccc(-n3c(O)c(N=Nc4cccc(C(=O)N(CCCC)CCCC)c4)c(C)c(C#N)c3=O)cc2)c1=O. The van der Waals surface area contributed by atoms with Crippen molar-refractivity contribution in [3.8, 4) is 29.2 Å². The van der Waals surface area contributed by atoms with Crippen LogP contribution in [0, 0.1) is 31.8 Å². The molecule has 0 aliphatic carbocycles. The van der Waals surface area contributed by atoms with Gasteiger partial charge in [0.15, 0.2) is 5.69 Å². The van der Waals surface area contributed by atoms with Crippen LogP contribution in [-0.2, 0) is 0 Å². The molecule has 342 valence electrons. The fourth-order valence-electron chi connectivity index (χ4n) is 7.25. The van der Waals surface area contributed by atoms with Gasteiger partial charge in [-0.1, -0.05) is 65.5 Å². The highest BCUT2D eigenvalue weighted by Crippen LogP contribution is 2.38. The summed E-state index contributed by atoms with van der Waals surface area (Å²) in [5, 5.41) is 50.3. The molecule has 0 aliphatic heterocycles. The predicted molar refractivity (Wildman–Crippen MR) is 254 cm³/mol. The second kappa shape index (κ2) is 23.3. The number of aromatic nitrogens is 2. The third-order valence-corrected chi connectivity index (χ3v) is 11.1. The van der Waals surface area contributed by atoms with Gasteiger partial charge in [-0.3, -0.25) is 23.7 Å². The number of hydrogen-bond donors (Lipinski definition) is 2. The Morgan fingerprint density at radius 1 is 0.636 bits per heavy atom. The summed E-state index contributed by atoms with van der Waals surface area (Å²) in [5.41, 5.74) is -0.856. The van der Waals surface area contributed by atoms with Crippen molar-refractivity contribution in [1.29, 1.82) is 5.26 Å². The van der Waals surface area contributed by atoms with Crippen molar-refractivity contribution in [1.82, 2.24) is 18.9 Å². The molecule has 2 N–H and O–H groups in total. The van der Waals surface area contributed by atoms with Crippen LogP contribution in [0.15, 0.2) is 103 Å². The van der Waals surface area contributed by atoms with Crippen LogP contribution in [0.1, 0.15) is 116 Å². The lowest BCUT2D eigenvalue weighted by Crippen LogP contribution is -2.32. The molecule has 0 unspecified atom stereocenters. The van der Waals surface area contributed by atoms with E-state index < -0.39 is 22.9 Å². The molecule has 0 saturated carbocycles. The van der Waals surface area contributed by atoms with Crippen molar-refractivity contribution >= 4 is 40.3 Å². The average molecular weight is 893 g/mol. The Morgan fingerprint density at radius 3 is 1.41 bits per heavy atom. The third kappa shape index (κ3) is 11.1. The molecule has 0 bridgehead atoms. The number of amides is 2. The van der Waals surface area contributed by atoms with Gasteiger partial charge in [0.1, 0.15) is 17.3 Å². The van der Waals surface area contributed by atoms with Gasteiger partial charge in [0.2, 0.25) is 11.8 Å². The fraction of sp³-hybridized carbons (Fsp3) is 0.360. The molecule has 0 aliphatic rings. The lowest BCUT2D eigenvalue weighted by atomic mass is 10.1. The van der Waals surface area contributed by atoms with E-state index in [0.29, 0.717) is 48.7 Å². The van der Waals surface area contributed by atoms with Crippen molar-refractivity contribution in [2.45, 2.75) is 92.9 Å². The highest BCUT2D eigenvalue weighted by Gasteiger charge is 2.24. The largest absolute Gasteiger partial charge is 0.493 e. The van der Waals surface area contributed by atoms with Crippen molar-refractivity contribution in [2.24, 2.45) is 20.5 Å². The smallest absolute Gasteiger partial charge is 0.276 e. The Morgan fingerprint density at radius 2 is 1.03 bits per heavy atom. The molecule has 5 rings (SSSR count). The van der Waals surface area contributed by atoms with Crippen molar-refractivity contribution < 1.29 is 19.8 Å². The van der Waals surface area contributed by atoms with Crippen LogP contribution >= 0.6 is 0 Å². The second-order valence-corrected chi connectivity index (χ2v) is 15.8. The van der Waals surface area contributed by atoms with Gasteiger partial charge in [-0.15, -0.1) is 10.2 Å². The highest BCUT2D eigenvalue weighted by molar-refractivity contribution is 5.95.